The smallest absolute Gasteiger partial charge is 0.273 e. The average Bonchev–Trinajstić information content (AvgIpc) is 3.04. The van der Waals surface area contributed by atoms with E-state index in [9.17, 15) is 9.59 Å². The van der Waals surface area contributed by atoms with Gasteiger partial charge >= 0.3 is 0 Å². The molecule has 0 atom stereocenters. The summed E-state index contributed by atoms with van der Waals surface area (Å²) < 4.78 is 10.0. The standard InChI is InChI=1S/C13H12N2O4/c1-9-11(6-8-18-9)13(17)15-14-12(16)5-4-10-3-2-7-19-10/h2-8H,1H3,(H,14,16)(H,15,17). The molecule has 0 aliphatic carbocycles. The van der Waals surface area contributed by atoms with Gasteiger partial charge in [-0.3, -0.25) is 20.4 Å². The summed E-state index contributed by atoms with van der Waals surface area (Å²) in [5, 5.41) is 0. The topological polar surface area (TPSA) is 84.5 Å². The van der Waals surface area contributed by atoms with E-state index < -0.39 is 11.8 Å². The number of nitrogens with one attached hydrogen (secondary N) is 2. The molecule has 0 fully saturated rings. The van der Waals surface area contributed by atoms with Gasteiger partial charge in [0.1, 0.15) is 11.5 Å². The van der Waals surface area contributed by atoms with Gasteiger partial charge in [-0.1, -0.05) is 0 Å². The summed E-state index contributed by atoms with van der Waals surface area (Å²) in [6.07, 6.45) is 5.65. The molecule has 0 aromatic carbocycles. The number of carbonyl (C=O) groups is 2. The fourth-order valence-electron chi connectivity index (χ4n) is 1.39. The van der Waals surface area contributed by atoms with Crippen LogP contribution in [0.15, 0.2) is 45.6 Å². The van der Waals surface area contributed by atoms with Crippen LogP contribution >= 0.6 is 0 Å². The van der Waals surface area contributed by atoms with Crippen LogP contribution in [0.5, 0.6) is 0 Å². The van der Waals surface area contributed by atoms with Crippen LogP contribution in [0, 0.1) is 6.92 Å². The second-order valence-electron chi connectivity index (χ2n) is 3.68. The Bertz CT molecular complexity index is 596. The van der Waals surface area contributed by atoms with Gasteiger partial charge in [0.2, 0.25) is 0 Å². The van der Waals surface area contributed by atoms with E-state index in [1.54, 1.807) is 19.1 Å². The zero-order chi connectivity index (χ0) is 13.7. The Kier molecular flexibility index (Phi) is 3.82. The van der Waals surface area contributed by atoms with Crippen molar-refractivity contribution in [3.05, 3.63) is 53.9 Å². The lowest BCUT2D eigenvalue weighted by molar-refractivity contribution is -0.117. The van der Waals surface area contributed by atoms with Crippen molar-refractivity contribution in [2.24, 2.45) is 0 Å². The average molecular weight is 260 g/mol. The molecule has 0 spiro atoms. The SMILES string of the molecule is Cc1occc1C(=O)NNC(=O)C=Cc1ccco1. The highest BCUT2D eigenvalue weighted by molar-refractivity contribution is 5.98. The molecule has 2 rings (SSSR count). The Morgan fingerprint density at radius 2 is 2.00 bits per heavy atom. The first-order valence-electron chi connectivity index (χ1n) is 5.53. The van der Waals surface area contributed by atoms with Crippen molar-refractivity contribution in [1.82, 2.24) is 10.9 Å². The van der Waals surface area contributed by atoms with Crippen LogP contribution in [0.4, 0.5) is 0 Å². The van der Waals surface area contributed by atoms with Crippen LogP contribution in [0.3, 0.4) is 0 Å². The monoisotopic (exact) mass is 260 g/mol. The van der Waals surface area contributed by atoms with E-state index >= 15 is 0 Å². The molecule has 6 nitrogen and oxygen atoms in total. The zero-order valence-electron chi connectivity index (χ0n) is 10.2. The molecule has 0 aliphatic rings. The van der Waals surface area contributed by atoms with Crippen LogP contribution in [0.2, 0.25) is 0 Å². The summed E-state index contributed by atoms with van der Waals surface area (Å²) in [6, 6.07) is 4.94. The highest BCUT2D eigenvalue weighted by atomic mass is 16.3. The Morgan fingerprint density at radius 3 is 2.63 bits per heavy atom. The highest BCUT2D eigenvalue weighted by Crippen LogP contribution is 2.07. The largest absolute Gasteiger partial charge is 0.469 e. The summed E-state index contributed by atoms with van der Waals surface area (Å²) in [5.74, 6) is 0.127. The maximum Gasteiger partial charge on any atom is 0.273 e. The fourth-order valence-corrected chi connectivity index (χ4v) is 1.39. The molecular formula is C13H12N2O4. The number of furan rings is 2. The number of hydrazine groups is 1. The molecule has 19 heavy (non-hydrogen) atoms. The molecule has 0 saturated carbocycles. The number of aryl methyl sites for hydroxylation is 1. The Labute approximate surface area is 109 Å². The molecule has 0 saturated heterocycles. The minimum Gasteiger partial charge on any atom is -0.469 e. The van der Waals surface area contributed by atoms with E-state index in [-0.39, 0.29) is 0 Å². The minimum absolute atomic E-state index is 0.371. The van der Waals surface area contributed by atoms with Gasteiger partial charge in [-0.2, -0.15) is 0 Å². The Balaban J connectivity index is 1.84. The van der Waals surface area contributed by atoms with Crippen LogP contribution in [-0.4, -0.2) is 11.8 Å². The Morgan fingerprint density at radius 1 is 1.16 bits per heavy atom. The number of hydrogen-bond acceptors (Lipinski definition) is 4. The zero-order valence-corrected chi connectivity index (χ0v) is 10.2. The van der Waals surface area contributed by atoms with E-state index in [1.807, 2.05) is 0 Å². The molecule has 0 aliphatic heterocycles. The van der Waals surface area contributed by atoms with E-state index in [1.165, 1.54) is 30.7 Å². The summed E-state index contributed by atoms with van der Waals surface area (Å²) >= 11 is 0. The van der Waals surface area contributed by atoms with Crippen molar-refractivity contribution >= 4 is 17.9 Å². The number of rotatable bonds is 3. The number of hydrogen-bond donors (Lipinski definition) is 2. The minimum atomic E-state index is -0.467. The third-order valence-corrected chi connectivity index (χ3v) is 2.34. The number of amides is 2. The quantitative estimate of drug-likeness (QED) is 0.649. The maximum atomic E-state index is 11.6. The molecule has 2 heterocycles. The van der Waals surface area contributed by atoms with Gasteiger partial charge in [-0.15, -0.1) is 0 Å². The molecule has 0 radical (unpaired) electrons. The van der Waals surface area contributed by atoms with Gasteiger partial charge in [0, 0.05) is 6.08 Å². The summed E-state index contributed by atoms with van der Waals surface area (Å²) in [5.41, 5.74) is 4.90. The summed E-state index contributed by atoms with van der Waals surface area (Å²) in [7, 11) is 0. The third-order valence-electron chi connectivity index (χ3n) is 2.34. The molecule has 2 amide bonds. The molecule has 6 heteroatoms. The summed E-state index contributed by atoms with van der Waals surface area (Å²) in [6.45, 7) is 1.66. The first-order valence-corrected chi connectivity index (χ1v) is 5.53. The third kappa shape index (κ3) is 3.35. The van der Waals surface area contributed by atoms with Gasteiger partial charge in [0.25, 0.3) is 11.8 Å². The van der Waals surface area contributed by atoms with Crippen LogP contribution in [-0.2, 0) is 4.79 Å². The lowest BCUT2D eigenvalue weighted by atomic mass is 10.2. The predicted molar refractivity (Wildman–Crippen MR) is 66.8 cm³/mol. The Hall–Kier alpha value is -2.76. The lowest BCUT2D eigenvalue weighted by Gasteiger charge is -2.03. The number of carbonyl (C=O) groups excluding carboxylic acids is 2. The molecule has 2 N–H and O–H groups in total. The van der Waals surface area contributed by atoms with E-state index in [4.69, 9.17) is 8.83 Å². The van der Waals surface area contributed by atoms with Gasteiger partial charge in [0.15, 0.2) is 0 Å². The van der Waals surface area contributed by atoms with Crippen molar-refractivity contribution in [3.63, 3.8) is 0 Å². The normalized spacial score (nSPS) is 10.6. The van der Waals surface area contributed by atoms with Crippen molar-refractivity contribution in [2.75, 3.05) is 0 Å². The van der Waals surface area contributed by atoms with Gasteiger partial charge in [-0.05, 0) is 31.2 Å². The molecule has 0 unspecified atom stereocenters. The van der Waals surface area contributed by atoms with Crippen LogP contribution in [0.25, 0.3) is 6.08 Å². The second kappa shape index (κ2) is 5.72. The maximum absolute atomic E-state index is 11.6. The van der Waals surface area contributed by atoms with Gasteiger partial charge in [-0.25, -0.2) is 0 Å². The first kappa shape index (κ1) is 12.7. The molecular weight excluding hydrogens is 248 g/mol. The van der Waals surface area contributed by atoms with E-state index in [0.29, 0.717) is 17.1 Å². The van der Waals surface area contributed by atoms with Crippen molar-refractivity contribution < 1.29 is 18.4 Å². The second-order valence-corrected chi connectivity index (χ2v) is 3.68. The summed E-state index contributed by atoms with van der Waals surface area (Å²) in [4.78, 5) is 23.1. The van der Waals surface area contributed by atoms with Gasteiger partial charge in [0.05, 0.1) is 18.1 Å². The fraction of sp³-hybridized carbons (Fsp3) is 0.0769. The van der Waals surface area contributed by atoms with Crippen LogP contribution in [0.1, 0.15) is 21.9 Å². The molecule has 0 bridgehead atoms. The van der Waals surface area contributed by atoms with Crippen molar-refractivity contribution in [1.29, 1.82) is 0 Å². The van der Waals surface area contributed by atoms with Crippen molar-refractivity contribution in [3.8, 4) is 0 Å². The molecule has 2 aromatic heterocycles. The lowest BCUT2D eigenvalue weighted by Crippen LogP contribution is -2.40. The molecule has 2 aromatic rings. The van der Waals surface area contributed by atoms with Crippen LogP contribution < -0.4 is 10.9 Å². The van der Waals surface area contributed by atoms with E-state index in [0.717, 1.165) is 0 Å². The van der Waals surface area contributed by atoms with Gasteiger partial charge < -0.3 is 8.83 Å². The van der Waals surface area contributed by atoms with Crippen molar-refractivity contribution in [2.45, 2.75) is 6.92 Å². The highest BCUT2D eigenvalue weighted by Gasteiger charge is 2.11. The predicted octanol–water partition coefficient (Wildman–Crippen LogP) is 1.66. The van der Waals surface area contributed by atoms with E-state index in [2.05, 4.69) is 10.9 Å². The molecule has 98 valence electrons. The first-order chi connectivity index (χ1) is 9.16.